The third kappa shape index (κ3) is 6.60. The van der Waals surface area contributed by atoms with Crippen LogP contribution in [0.3, 0.4) is 0 Å². The molecular formula is C25H31ClN2O2. The van der Waals surface area contributed by atoms with E-state index < -0.39 is 6.04 Å². The van der Waals surface area contributed by atoms with Crippen LogP contribution in [-0.4, -0.2) is 28.8 Å². The Morgan fingerprint density at radius 2 is 1.67 bits per heavy atom. The van der Waals surface area contributed by atoms with Crippen LogP contribution in [0.25, 0.3) is 0 Å². The number of nitrogens with zero attached hydrogens (tertiary/aromatic N) is 1. The average molecular weight is 427 g/mol. The van der Waals surface area contributed by atoms with E-state index in [2.05, 4.69) is 5.32 Å². The van der Waals surface area contributed by atoms with Crippen LogP contribution in [0.4, 0.5) is 0 Å². The Balaban J connectivity index is 1.68. The van der Waals surface area contributed by atoms with Crippen LogP contribution < -0.4 is 5.32 Å². The van der Waals surface area contributed by atoms with Crippen LogP contribution >= 0.6 is 11.6 Å². The molecule has 1 aliphatic carbocycles. The van der Waals surface area contributed by atoms with E-state index in [0.717, 1.165) is 36.8 Å². The molecule has 0 bridgehead atoms. The van der Waals surface area contributed by atoms with Gasteiger partial charge in [0, 0.05) is 24.0 Å². The molecule has 0 heterocycles. The van der Waals surface area contributed by atoms with Crippen molar-refractivity contribution >= 4 is 23.4 Å². The number of hydrogen-bond acceptors (Lipinski definition) is 2. The normalized spacial score (nSPS) is 15.4. The van der Waals surface area contributed by atoms with Crippen molar-refractivity contribution in [3.05, 3.63) is 70.7 Å². The van der Waals surface area contributed by atoms with Crippen LogP contribution in [0.15, 0.2) is 54.6 Å². The highest BCUT2D eigenvalue weighted by molar-refractivity contribution is 6.30. The van der Waals surface area contributed by atoms with Crippen molar-refractivity contribution in [2.45, 2.75) is 70.5 Å². The van der Waals surface area contributed by atoms with Crippen LogP contribution in [0.2, 0.25) is 5.02 Å². The van der Waals surface area contributed by atoms with Gasteiger partial charge in [-0.1, -0.05) is 73.3 Å². The van der Waals surface area contributed by atoms with Gasteiger partial charge in [-0.3, -0.25) is 9.59 Å². The van der Waals surface area contributed by atoms with E-state index in [9.17, 15) is 9.59 Å². The van der Waals surface area contributed by atoms with E-state index in [-0.39, 0.29) is 17.9 Å². The van der Waals surface area contributed by atoms with Gasteiger partial charge in [-0.05, 0) is 49.4 Å². The molecule has 1 atom stereocenters. The Hall–Kier alpha value is -2.33. The van der Waals surface area contributed by atoms with Crippen molar-refractivity contribution in [3.63, 3.8) is 0 Å². The van der Waals surface area contributed by atoms with Gasteiger partial charge in [0.05, 0.1) is 0 Å². The largest absolute Gasteiger partial charge is 0.352 e. The standard InChI is InChI=1S/C25H31ClN2O2/c1-19(25(30)27-23-10-6-3-7-11-23)28(18-21-12-15-22(26)16-13-21)24(29)17-14-20-8-4-2-5-9-20/h2,4-5,8-9,12-13,15-16,19,23H,3,6-7,10-11,14,17-18H2,1H3,(H,27,30). The second kappa shape index (κ2) is 11.2. The number of nitrogens with one attached hydrogen (secondary N) is 1. The van der Waals surface area contributed by atoms with Crippen molar-refractivity contribution in [1.82, 2.24) is 10.2 Å². The lowest BCUT2D eigenvalue weighted by Crippen LogP contribution is -2.50. The fraction of sp³-hybridized carbons (Fsp3) is 0.440. The van der Waals surface area contributed by atoms with Crippen molar-refractivity contribution < 1.29 is 9.59 Å². The molecule has 1 fully saturated rings. The van der Waals surface area contributed by atoms with Gasteiger partial charge < -0.3 is 10.2 Å². The first-order valence-corrected chi connectivity index (χ1v) is 11.3. The maximum Gasteiger partial charge on any atom is 0.242 e. The molecule has 3 rings (SSSR count). The molecule has 1 N–H and O–H groups in total. The number of rotatable bonds is 8. The molecule has 0 spiro atoms. The molecule has 160 valence electrons. The molecule has 0 aliphatic heterocycles. The zero-order valence-electron chi connectivity index (χ0n) is 17.6. The van der Waals surface area contributed by atoms with Gasteiger partial charge in [-0.25, -0.2) is 0 Å². The fourth-order valence-electron chi connectivity index (χ4n) is 3.98. The van der Waals surface area contributed by atoms with Crippen LogP contribution in [-0.2, 0) is 22.6 Å². The summed E-state index contributed by atoms with van der Waals surface area (Å²) in [5.41, 5.74) is 2.08. The number of carbonyl (C=O) groups excluding carboxylic acids is 2. The van der Waals surface area contributed by atoms with Crippen molar-refractivity contribution in [2.24, 2.45) is 0 Å². The predicted octanol–water partition coefficient (Wildman–Crippen LogP) is 5.14. The van der Waals surface area contributed by atoms with Crippen LogP contribution in [0.5, 0.6) is 0 Å². The second-order valence-corrected chi connectivity index (χ2v) is 8.59. The topological polar surface area (TPSA) is 49.4 Å². The second-order valence-electron chi connectivity index (χ2n) is 8.15. The summed E-state index contributed by atoms with van der Waals surface area (Å²) in [6, 6.07) is 17.1. The minimum Gasteiger partial charge on any atom is -0.352 e. The molecule has 0 aromatic heterocycles. The first-order valence-electron chi connectivity index (χ1n) is 10.9. The number of halogens is 1. The van der Waals surface area contributed by atoms with E-state index in [1.165, 1.54) is 6.42 Å². The lowest BCUT2D eigenvalue weighted by Gasteiger charge is -2.31. The summed E-state index contributed by atoms with van der Waals surface area (Å²) in [5, 5.41) is 3.83. The molecule has 1 unspecified atom stereocenters. The molecule has 2 amide bonds. The fourth-order valence-corrected chi connectivity index (χ4v) is 4.10. The lowest BCUT2D eigenvalue weighted by molar-refractivity contribution is -0.141. The first-order chi connectivity index (χ1) is 14.5. The van der Waals surface area contributed by atoms with Gasteiger partial charge in [-0.15, -0.1) is 0 Å². The average Bonchev–Trinajstić information content (AvgIpc) is 2.78. The maximum atomic E-state index is 13.1. The molecule has 2 aromatic carbocycles. The van der Waals surface area contributed by atoms with Gasteiger partial charge in [0.2, 0.25) is 11.8 Å². The number of benzene rings is 2. The monoisotopic (exact) mass is 426 g/mol. The van der Waals surface area contributed by atoms with Gasteiger partial charge in [0.1, 0.15) is 6.04 Å². The summed E-state index contributed by atoms with van der Waals surface area (Å²) < 4.78 is 0. The van der Waals surface area contributed by atoms with Gasteiger partial charge >= 0.3 is 0 Å². The Bertz CT molecular complexity index is 817. The van der Waals surface area contributed by atoms with Crippen LogP contribution in [0, 0.1) is 0 Å². The number of hydrogen-bond donors (Lipinski definition) is 1. The Kier molecular flexibility index (Phi) is 8.32. The zero-order chi connectivity index (χ0) is 21.3. The highest BCUT2D eigenvalue weighted by atomic mass is 35.5. The predicted molar refractivity (Wildman–Crippen MR) is 121 cm³/mol. The highest BCUT2D eigenvalue weighted by Gasteiger charge is 2.27. The summed E-state index contributed by atoms with van der Waals surface area (Å²) in [5.74, 6) is -0.0796. The quantitative estimate of drug-likeness (QED) is 0.635. The summed E-state index contributed by atoms with van der Waals surface area (Å²) in [7, 11) is 0. The molecule has 4 nitrogen and oxygen atoms in total. The van der Waals surface area contributed by atoms with Gasteiger partial charge in [0.25, 0.3) is 0 Å². The summed E-state index contributed by atoms with van der Waals surface area (Å²) >= 11 is 6.01. The van der Waals surface area contributed by atoms with E-state index in [0.29, 0.717) is 24.4 Å². The Labute approximate surface area is 184 Å². The number of aryl methyl sites for hydroxylation is 1. The van der Waals surface area contributed by atoms with E-state index in [1.54, 1.807) is 4.90 Å². The SMILES string of the molecule is CC(C(=O)NC1CCCCC1)N(Cc1ccc(Cl)cc1)C(=O)CCc1ccccc1. The molecule has 2 aromatic rings. The summed E-state index contributed by atoms with van der Waals surface area (Å²) in [4.78, 5) is 27.8. The maximum absolute atomic E-state index is 13.1. The smallest absolute Gasteiger partial charge is 0.242 e. The van der Waals surface area contributed by atoms with Crippen molar-refractivity contribution in [3.8, 4) is 0 Å². The highest BCUT2D eigenvalue weighted by Crippen LogP contribution is 2.19. The molecule has 1 aliphatic rings. The molecule has 5 heteroatoms. The van der Waals surface area contributed by atoms with E-state index in [1.807, 2.05) is 61.5 Å². The zero-order valence-corrected chi connectivity index (χ0v) is 18.4. The molecule has 30 heavy (non-hydrogen) atoms. The molecule has 1 saturated carbocycles. The van der Waals surface area contributed by atoms with Crippen molar-refractivity contribution in [1.29, 1.82) is 0 Å². The lowest BCUT2D eigenvalue weighted by atomic mass is 9.95. The van der Waals surface area contributed by atoms with Gasteiger partial charge in [-0.2, -0.15) is 0 Å². The summed E-state index contributed by atoms with van der Waals surface area (Å²) in [6.07, 6.45) is 6.64. The number of carbonyl (C=O) groups is 2. The molecule has 0 saturated heterocycles. The molecule has 0 radical (unpaired) electrons. The van der Waals surface area contributed by atoms with E-state index in [4.69, 9.17) is 11.6 Å². The van der Waals surface area contributed by atoms with Gasteiger partial charge in [0.15, 0.2) is 0 Å². The third-order valence-corrected chi connectivity index (χ3v) is 6.11. The molecular weight excluding hydrogens is 396 g/mol. The third-order valence-electron chi connectivity index (χ3n) is 5.86. The first kappa shape index (κ1) is 22.4. The number of amides is 2. The summed E-state index contributed by atoms with van der Waals surface area (Å²) in [6.45, 7) is 2.22. The van der Waals surface area contributed by atoms with E-state index >= 15 is 0 Å². The van der Waals surface area contributed by atoms with Crippen LogP contribution in [0.1, 0.15) is 56.6 Å². The van der Waals surface area contributed by atoms with Crippen molar-refractivity contribution in [2.75, 3.05) is 0 Å². The minimum absolute atomic E-state index is 0.0138. The Morgan fingerprint density at radius 1 is 1.00 bits per heavy atom. The minimum atomic E-state index is -0.522. The Morgan fingerprint density at radius 3 is 2.33 bits per heavy atom.